The van der Waals surface area contributed by atoms with Crippen molar-refractivity contribution in [2.24, 2.45) is 0 Å². The molecule has 5 nitrogen and oxygen atoms in total. The quantitative estimate of drug-likeness (QED) is 0.905. The molecule has 2 aliphatic rings. The van der Waals surface area contributed by atoms with E-state index in [1.54, 1.807) is 22.5 Å². The van der Waals surface area contributed by atoms with Gasteiger partial charge in [0.1, 0.15) is 0 Å². The molecule has 0 unspecified atom stereocenters. The lowest BCUT2D eigenvalue weighted by Gasteiger charge is -2.32. The largest absolute Gasteiger partial charge is 0.324 e. The highest BCUT2D eigenvalue weighted by atomic mass is 32.2. The number of carbonyl (C=O) groups is 1. The number of anilines is 1. The predicted octanol–water partition coefficient (Wildman–Crippen LogP) is 2.29. The van der Waals surface area contributed by atoms with Crippen LogP contribution < -0.4 is 5.32 Å². The standard InChI is InChI=1S/C14H18N2O3S2/c1-10-4-2-3-7-16(10)21(18,19)11-5-6-13-12(8-11)15-14(17)9-20-13/h5-6,8,10H,2-4,7,9H2,1H3,(H,15,17)/t10-/m0/s1. The number of thioether (sulfide) groups is 1. The number of hydrogen-bond acceptors (Lipinski definition) is 4. The molecule has 1 aromatic rings. The van der Waals surface area contributed by atoms with Crippen molar-refractivity contribution in [3.8, 4) is 0 Å². The summed E-state index contributed by atoms with van der Waals surface area (Å²) in [6.07, 6.45) is 2.88. The van der Waals surface area contributed by atoms with Crippen LogP contribution in [-0.4, -0.2) is 37.0 Å². The Bertz CT molecular complexity index is 673. The SMILES string of the molecule is C[C@H]1CCCCN1S(=O)(=O)c1ccc2c(c1)NC(=O)CS2. The number of amides is 1. The Morgan fingerprint density at radius 2 is 2.14 bits per heavy atom. The van der Waals surface area contributed by atoms with Gasteiger partial charge in [-0.15, -0.1) is 11.8 Å². The lowest BCUT2D eigenvalue weighted by molar-refractivity contribution is -0.113. The Labute approximate surface area is 129 Å². The van der Waals surface area contributed by atoms with Crippen LogP contribution in [0.1, 0.15) is 26.2 Å². The van der Waals surface area contributed by atoms with E-state index in [4.69, 9.17) is 0 Å². The number of carbonyl (C=O) groups excluding carboxylic acids is 1. The van der Waals surface area contributed by atoms with Crippen LogP contribution in [-0.2, 0) is 14.8 Å². The lowest BCUT2D eigenvalue weighted by Crippen LogP contribution is -2.41. The maximum atomic E-state index is 12.8. The van der Waals surface area contributed by atoms with E-state index in [2.05, 4.69) is 5.32 Å². The molecule has 1 N–H and O–H groups in total. The van der Waals surface area contributed by atoms with Gasteiger partial charge in [-0.3, -0.25) is 4.79 Å². The summed E-state index contributed by atoms with van der Waals surface area (Å²) in [5.74, 6) is 0.288. The van der Waals surface area contributed by atoms with Crippen molar-refractivity contribution in [2.75, 3.05) is 17.6 Å². The molecule has 7 heteroatoms. The van der Waals surface area contributed by atoms with Crippen LogP contribution in [0.5, 0.6) is 0 Å². The summed E-state index contributed by atoms with van der Waals surface area (Å²) in [4.78, 5) is 12.6. The van der Waals surface area contributed by atoms with Crippen molar-refractivity contribution in [2.45, 2.75) is 42.0 Å². The van der Waals surface area contributed by atoms with Gasteiger partial charge in [0.05, 0.1) is 16.3 Å². The second-order valence-corrected chi connectivity index (χ2v) is 8.36. The molecule has 0 saturated carbocycles. The number of sulfonamides is 1. The third-order valence-corrected chi connectivity index (χ3v) is 7.02. The number of benzene rings is 1. The van der Waals surface area contributed by atoms with Gasteiger partial charge in [0.15, 0.2) is 0 Å². The maximum absolute atomic E-state index is 12.8. The van der Waals surface area contributed by atoms with Crippen LogP contribution >= 0.6 is 11.8 Å². The minimum atomic E-state index is -3.49. The van der Waals surface area contributed by atoms with E-state index in [1.807, 2.05) is 6.92 Å². The first-order chi connectivity index (χ1) is 9.98. The molecular weight excluding hydrogens is 308 g/mol. The maximum Gasteiger partial charge on any atom is 0.243 e. The van der Waals surface area contributed by atoms with Gasteiger partial charge in [-0.1, -0.05) is 6.42 Å². The molecular formula is C14H18N2O3S2. The molecule has 1 aromatic carbocycles. The number of fused-ring (bicyclic) bond motifs is 1. The van der Waals surface area contributed by atoms with Gasteiger partial charge >= 0.3 is 0 Å². The van der Waals surface area contributed by atoms with Crippen LogP contribution in [0.25, 0.3) is 0 Å². The second kappa shape index (κ2) is 5.62. The molecule has 0 radical (unpaired) electrons. The molecule has 21 heavy (non-hydrogen) atoms. The lowest BCUT2D eigenvalue weighted by atomic mass is 10.1. The molecule has 1 fully saturated rings. The van der Waals surface area contributed by atoms with E-state index < -0.39 is 10.0 Å². The van der Waals surface area contributed by atoms with Crippen molar-refractivity contribution < 1.29 is 13.2 Å². The van der Waals surface area contributed by atoms with Crippen LogP contribution in [0.4, 0.5) is 5.69 Å². The number of rotatable bonds is 2. The normalized spacial score (nSPS) is 23.5. The fraction of sp³-hybridized carbons (Fsp3) is 0.500. The topological polar surface area (TPSA) is 66.5 Å². The zero-order chi connectivity index (χ0) is 15.0. The molecule has 3 rings (SSSR count). The smallest absolute Gasteiger partial charge is 0.243 e. The van der Waals surface area contributed by atoms with Crippen LogP contribution in [0, 0.1) is 0 Å². The highest BCUT2D eigenvalue weighted by molar-refractivity contribution is 8.00. The molecule has 114 valence electrons. The zero-order valence-electron chi connectivity index (χ0n) is 11.8. The number of nitrogens with one attached hydrogen (secondary N) is 1. The Hall–Kier alpha value is -1.05. The number of nitrogens with zero attached hydrogens (tertiary/aromatic N) is 1. The van der Waals surface area contributed by atoms with E-state index in [0.717, 1.165) is 24.2 Å². The summed E-state index contributed by atoms with van der Waals surface area (Å²) < 4.78 is 27.1. The van der Waals surface area contributed by atoms with Crippen molar-refractivity contribution >= 4 is 33.4 Å². The highest BCUT2D eigenvalue weighted by Crippen LogP contribution is 2.34. The van der Waals surface area contributed by atoms with E-state index >= 15 is 0 Å². The molecule has 1 saturated heterocycles. The summed E-state index contributed by atoms with van der Waals surface area (Å²) >= 11 is 1.43. The molecule has 2 aliphatic heterocycles. The van der Waals surface area contributed by atoms with Gasteiger partial charge in [0, 0.05) is 17.5 Å². The summed E-state index contributed by atoms with van der Waals surface area (Å²) in [6, 6.07) is 5.03. The minimum absolute atomic E-state index is 0.0312. The summed E-state index contributed by atoms with van der Waals surface area (Å²) in [5, 5.41) is 2.74. The van der Waals surface area contributed by atoms with E-state index in [0.29, 0.717) is 18.0 Å². The first kappa shape index (κ1) is 14.9. The first-order valence-electron chi connectivity index (χ1n) is 7.07. The van der Waals surface area contributed by atoms with E-state index in [-0.39, 0.29) is 16.8 Å². The monoisotopic (exact) mass is 326 g/mol. The van der Waals surface area contributed by atoms with Gasteiger partial charge in [-0.25, -0.2) is 8.42 Å². The highest BCUT2D eigenvalue weighted by Gasteiger charge is 2.31. The third-order valence-electron chi connectivity index (χ3n) is 3.93. The van der Waals surface area contributed by atoms with E-state index in [1.165, 1.54) is 11.8 Å². The first-order valence-corrected chi connectivity index (χ1v) is 9.49. The fourth-order valence-electron chi connectivity index (χ4n) is 2.79. The van der Waals surface area contributed by atoms with Gasteiger partial charge < -0.3 is 5.32 Å². The Balaban J connectivity index is 1.95. The Morgan fingerprint density at radius 1 is 1.33 bits per heavy atom. The molecule has 0 aliphatic carbocycles. The van der Waals surface area contributed by atoms with Crippen molar-refractivity contribution in [1.82, 2.24) is 4.31 Å². The van der Waals surface area contributed by atoms with Crippen LogP contribution in [0.3, 0.4) is 0 Å². The average Bonchev–Trinajstić information content (AvgIpc) is 2.46. The molecule has 0 aromatic heterocycles. The Kier molecular flexibility index (Phi) is 3.98. The van der Waals surface area contributed by atoms with Gasteiger partial charge in [0.25, 0.3) is 0 Å². The van der Waals surface area contributed by atoms with Gasteiger partial charge in [-0.2, -0.15) is 4.31 Å². The molecule has 1 atom stereocenters. The number of piperidine rings is 1. The Morgan fingerprint density at radius 3 is 2.90 bits per heavy atom. The van der Waals surface area contributed by atoms with Crippen LogP contribution in [0.15, 0.2) is 28.0 Å². The van der Waals surface area contributed by atoms with Crippen molar-refractivity contribution in [3.05, 3.63) is 18.2 Å². The summed E-state index contributed by atoms with van der Waals surface area (Å²) in [7, 11) is -3.49. The zero-order valence-corrected chi connectivity index (χ0v) is 13.5. The van der Waals surface area contributed by atoms with E-state index in [9.17, 15) is 13.2 Å². The molecule has 2 heterocycles. The van der Waals surface area contributed by atoms with Crippen LogP contribution in [0.2, 0.25) is 0 Å². The summed E-state index contributed by atoms with van der Waals surface area (Å²) in [5.41, 5.74) is 0.599. The molecule has 1 amide bonds. The average molecular weight is 326 g/mol. The van der Waals surface area contributed by atoms with Crippen molar-refractivity contribution in [3.63, 3.8) is 0 Å². The van der Waals surface area contributed by atoms with Gasteiger partial charge in [-0.05, 0) is 38.0 Å². The fourth-order valence-corrected chi connectivity index (χ4v) is 5.30. The molecule has 0 spiro atoms. The predicted molar refractivity (Wildman–Crippen MR) is 83.0 cm³/mol. The second-order valence-electron chi connectivity index (χ2n) is 5.46. The minimum Gasteiger partial charge on any atom is -0.324 e. The number of hydrogen-bond donors (Lipinski definition) is 1. The van der Waals surface area contributed by atoms with Crippen molar-refractivity contribution in [1.29, 1.82) is 0 Å². The summed E-state index contributed by atoms with van der Waals surface area (Å²) in [6.45, 7) is 2.52. The van der Waals surface area contributed by atoms with Gasteiger partial charge in [0.2, 0.25) is 15.9 Å². The molecule has 0 bridgehead atoms. The third kappa shape index (κ3) is 2.82.